The summed E-state index contributed by atoms with van der Waals surface area (Å²) in [5.41, 5.74) is 1.19. The highest BCUT2D eigenvalue weighted by atomic mass is 35.5. The number of thiophene rings is 1. The normalized spacial score (nSPS) is 20.0. The third-order valence-corrected chi connectivity index (χ3v) is 7.14. The molecular weight excluding hydrogens is 510 g/mol. The molecule has 10 nitrogen and oxygen atoms in total. The Labute approximate surface area is 217 Å². The van der Waals surface area contributed by atoms with E-state index in [1.54, 1.807) is 35.2 Å². The van der Waals surface area contributed by atoms with Gasteiger partial charge < -0.3 is 29.2 Å². The Morgan fingerprint density at radius 1 is 1.17 bits per heavy atom. The lowest BCUT2D eigenvalue weighted by Crippen LogP contribution is -2.41. The van der Waals surface area contributed by atoms with Crippen molar-refractivity contribution in [1.29, 1.82) is 0 Å². The number of cyclic esters (lactones) is 1. The number of carbonyl (C=O) groups is 3. The maximum absolute atomic E-state index is 12.7. The number of carbonyl (C=O) groups excluding carboxylic acids is 3. The zero-order valence-corrected chi connectivity index (χ0v) is 21.0. The van der Waals surface area contributed by atoms with Crippen molar-refractivity contribution >= 4 is 52.2 Å². The van der Waals surface area contributed by atoms with E-state index in [4.69, 9.17) is 30.5 Å². The monoisotopic (exact) mass is 535 g/mol. The highest BCUT2D eigenvalue weighted by molar-refractivity contribution is 7.18. The predicted molar refractivity (Wildman–Crippen MR) is 133 cm³/mol. The Morgan fingerprint density at radius 3 is 2.78 bits per heavy atom. The van der Waals surface area contributed by atoms with Crippen LogP contribution in [0.4, 0.5) is 16.2 Å². The standard InChI is InChI=1S/C24H26ClN3O7S/c25-21-6-5-20(36-21)23(30)26-12-17-13-28(24(31)35-17)18-4-1-15(27-7-8-32-14-22(27)29)11-19(18)34-10-9-33-16-2-3-16/h1,4-6,11,16-17H,2-3,7-10,12-14H2,(H,26,30). The minimum atomic E-state index is -0.539. The highest BCUT2D eigenvalue weighted by Gasteiger charge is 2.35. The Bertz CT molecular complexity index is 1140. The van der Waals surface area contributed by atoms with E-state index in [0.29, 0.717) is 58.8 Å². The number of rotatable bonds is 10. The fourth-order valence-electron chi connectivity index (χ4n) is 3.96. The summed E-state index contributed by atoms with van der Waals surface area (Å²) < 4.78 is 22.9. The lowest BCUT2D eigenvalue weighted by Gasteiger charge is -2.28. The first-order valence-corrected chi connectivity index (χ1v) is 13.0. The molecule has 2 aromatic rings. The van der Waals surface area contributed by atoms with Crippen LogP contribution in [0.1, 0.15) is 22.5 Å². The molecule has 3 heterocycles. The number of anilines is 2. The molecule has 1 aromatic heterocycles. The lowest BCUT2D eigenvalue weighted by molar-refractivity contribution is -0.125. The van der Waals surface area contributed by atoms with Crippen LogP contribution in [0.2, 0.25) is 4.34 Å². The first kappa shape index (κ1) is 24.8. The third kappa shape index (κ3) is 5.92. The number of hydrogen-bond donors (Lipinski definition) is 1. The van der Waals surface area contributed by atoms with Gasteiger partial charge in [0.1, 0.15) is 25.1 Å². The second-order valence-electron chi connectivity index (χ2n) is 8.60. The maximum atomic E-state index is 12.7. The molecule has 0 bridgehead atoms. The topological polar surface area (TPSA) is 107 Å². The van der Waals surface area contributed by atoms with Crippen molar-refractivity contribution in [2.24, 2.45) is 0 Å². The number of morpholine rings is 1. The van der Waals surface area contributed by atoms with Gasteiger partial charge in [0.2, 0.25) is 0 Å². The Morgan fingerprint density at radius 2 is 2.03 bits per heavy atom. The van der Waals surface area contributed by atoms with E-state index in [9.17, 15) is 14.4 Å². The fraction of sp³-hybridized carbons (Fsp3) is 0.458. The van der Waals surface area contributed by atoms with Gasteiger partial charge in [-0.25, -0.2) is 4.79 Å². The quantitative estimate of drug-likeness (QED) is 0.466. The minimum Gasteiger partial charge on any atom is -0.489 e. The van der Waals surface area contributed by atoms with Crippen LogP contribution in [0, 0.1) is 0 Å². The average Bonchev–Trinajstić information content (AvgIpc) is 3.48. The molecule has 3 aliphatic rings. The van der Waals surface area contributed by atoms with E-state index in [1.165, 1.54) is 16.2 Å². The van der Waals surface area contributed by atoms with Crippen LogP contribution in [-0.2, 0) is 19.0 Å². The molecule has 3 fully saturated rings. The molecule has 1 saturated carbocycles. The molecule has 1 N–H and O–H groups in total. The Balaban J connectivity index is 1.27. The zero-order valence-electron chi connectivity index (χ0n) is 19.4. The smallest absolute Gasteiger partial charge is 0.414 e. The van der Waals surface area contributed by atoms with Gasteiger partial charge >= 0.3 is 6.09 Å². The van der Waals surface area contributed by atoms with Crippen molar-refractivity contribution in [3.8, 4) is 5.75 Å². The lowest BCUT2D eigenvalue weighted by atomic mass is 10.2. The number of benzene rings is 1. The van der Waals surface area contributed by atoms with E-state index >= 15 is 0 Å². The van der Waals surface area contributed by atoms with Gasteiger partial charge in [-0.15, -0.1) is 11.3 Å². The van der Waals surface area contributed by atoms with Crippen LogP contribution in [0.15, 0.2) is 30.3 Å². The van der Waals surface area contributed by atoms with Gasteiger partial charge in [0, 0.05) is 18.3 Å². The molecule has 12 heteroatoms. The van der Waals surface area contributed by atoms with Crippen LogP contribution < -0.4 is 19.9 Å². The van der Waals surface area contributed by atoms with Crippen molar-refractivity contribution in [3.63, 3.8) is 0 Å². The van der Waals surface area contributed by atoms with Gasteiger partial charge in [-0.05, 0) is 37.1 Å². The Kier molecular flexibility index (Phi) is 7.61. The van der Waals surface area contributed by atoms with Crippen LogP contribution in [-0.4, -0.2) is 76.2 Å². The summed E-state index contributed by atoms with van der Waals surface area (Å²) in [7, 11) is 0. The van der Waals surface area contributed by atoms with Gasteiger partial charge in [-0.3, -0.25) is 14.5 Å². The number of nitrogens with one attached hydrogen (secondary N) is 1. The number of ether oxygens (including phenoxy) is 4. The molecular formula is C24H26ClN3O7S. The molecule has 0 spiro atoms. The predicted octanol–water partition coefficient (Wildman–Crippen LogP) is 3.08. The van der Waals surface area contributed by atoms with E-state index in [2.05, 4.69) is 5.32 Å². The fourth-order valence-corrected chi connectivity index (χ4v) is 4.92. The molecule has 1 unspecified atom stereocenters. The molecule has 3 amide bonds. The SMILES string of the molecule is O=C(NCC1CN(c2ccc(N3CCOCC3=O)cc2OCCOC2CC2)C(=O)O1)c1ccc(Cl)s1. The van der Waals surface area contributed by atoms with Gasteiger partial charge in [-0.2, -0.15) is 0 Å². The summed E-state index contributed by atoms with van der Waals surface area (Å²) in [6, 6.07) is 8.56. The van der Waals surface area contributed by atoms with Crippen molar-refractivity contribution in [3.05, 3.63) is 39.5 Å². The van der Waals surface area contributed by atoms with Crippen LogP contribution in [0.25, 0.3) is 0 Å². The Hall–Kier alpha value is -2.86. The first-order chi connectivity index (χ1) is 17.5. The summed E-state index contributed by atoms with van der Waals surface area (Å²) in [6.45, 7) is 2.02. The molecule has 36 heavy (non-hydrogen) atoms. The van der Waals surface area contributed by atoms with Gasteiger partial charge in [0.05, 0.1) is 47.3 Å². The summed E-state index contributed by atoms with van der Waals surface area (Å²) in [5, 5.41) is 2.78. The summed E-state index contributed by atoms with van der Waals surface area (Å²) >= 11 is 7.08. The summed E-state index contributed by atoms with van der Waals surface area (Å²) in [5.74, 6) is 0.0297. The minimum absolute atomic E-state index is 0.0245. The number of hydrogen-bond acceptors (Lipinski definition) is 8. The van der Waals surface area contributed by atoms with Gasteiger partial charge in [0.25, 0.3) is 11.8 Å². The van der Waals surface area contributed by atoms with Crippen LogP contribution in [0.3, 0.4) is 0 Å². The number of nitrogens with zero attached hydrogens (tertiary/aromatic N) is 2. The second-order valence-corrected chi connectivity index (χ2v) is 10.3. The molecule has 2 saturated heterocycles. The zero-order chi connectivity index (χ0) is 25.1. The van der Waals surface area contributed by atoms with Crippen LogP contribution >= 0.6 is 22.9 Å². The molecule has 1 atom stereocenters. The van der Waals surface area contributed by atoms with Crippen molar-refractivity contribution in [2.45, 2.75) is 25.0 Å². The summed E-state index contributed by atoms with van der Waals surface area (Å²) in [4.78, 5) is 41.0. The van der Waals surface area contributed by atoms with E-state index < -0.39 is 12.2 Å². The second kappa shape index (κ2) is 11.0. The first-order valence-electron chi connectivity index (χ1n) is 11.8. The summed E-state index contributed by atoms with van der Waals surface area (Å²) in [6.07, 6.45) is 1.36. The molecule has 192 valence electrons. The molecule has 1 aliphatic carbocycles. The van der Waals surface area contributed by atoms with Gasteiger partial charge in [0.15, 0.2) is 0 Å². The van der Waals surface area contributed by atoms with E-state index in [-0.39, 0.29) is 31.5 Å². The molecule has 0 radical (unpaired) electrons. The van der Waals surface area contributed by atoms with Crippen LogP contribution in [0.5, 0.6) is 5.75 Å². The van der Waals surface area contributed by atoms with E-state index in [1.807, 2.05) is 0 Å². The largest absolute Gasteiger partial charge is 0.489 e. The van der Waals surface area contributed by atoms with Crippen molar-refractivity contribution < 1.29 is 33.3 Å². The van der Waals surface area contributed by atoms with Crippen molar-refractivity contribution in [1.82, 2.24) is 5.32 Å². The number of amides is 3. The number of halogens is 1. The maximum Gasteiger partial charge on any atom is 0.414 e. The molecule has 2 aliphatic heterocycles. The van der Waals surface area contributed by atoms with Gasteiger partial charge in [-0.1, -0.05) is 11.6 Å². The molecule has 1 aromatic carbocycles. The third-order valence-electron chi connectivity index (χ3n) is 5.91. The van der Waals surface area contributed by atoms with E-state index in [0.717, 1.165) is 12.8 Å². The average molecular weight is 536 g/mol. The molecule has 5 rings (SSSR count). The highest BCUT2D eigenvalue weighted by Crippen LogP contribution is 2.36. The van der Waals surface area contributed by atoms with Crippen molar-refractivity contribution in [2.75, 3.05) is 55.9 Å².